The highest BCUT2D eigenvalue weighted by Gasteiger charge is 2.38. The van der Waals surface area contributed by atoms with Crippen molar-refractivity contribution >= 4 is 11.6 Å². The highest BCUT2D eigenvalue weighted by atomic mass is 16.5. The zero-order chi connectivity index (χ0) is 18.6. The fourth-order valence-corrected chi connectivity index (χ4v) is 4.25. The summed E-state index contributed by atoms with van der Waals surface area (Å²) in [5.41, 5.74) is 4.41. The quantitative estimate of drug-likeness (QED) is 0.596. The van der Waals surface area contributed by atoms with E-state index in [1.807, 2.05) is 6.07 Å². The molecule has 2 aliphatic rings. The van der Waals surface area contributed by atoms with Gasteiger partial charge in [-0.05, 0) is 48.1 Å². The van der Waals surface area contributed by atoms with Gasteiger partial charge < -0.3 is 15.4 Å². The van der Waals surface area contributed by atoms with Gasteiger partial charge in [0.2, 0.25) is 0 Å². The molecular weight excluding hydrogens is 336 g/mol. The van der Waals surface area contributed by atoms with Gasteiger partial charge in [-0.1, -0.05) is 42.5 Å². The molecule has 0 radical (unpaired) electrons. The third-order valence-electron chi connectivity index (χ3n) is 5.59. The fourth-order valence-electron chi connectivity index (χ4n) is 4.25. The lowest BCUT2D eigenvalue weighted by molar-refractivity contribution is 0.0948. The summed E-state index contributed by atoms with van der Waals surface area (Å²) in [6.07, 6.45) is 6.46. The van der Waals surface area contributed by atoms with Gasteiger partial charge in [-0.15, -0.1) is 0 Å². The second-order valence-electron chi connectivity index (χ2n) is 7.29. The summed E-state index contributed by atoms with van der Waals surface area (Å²) >= 11 is 0. The van der Waals surface area contributed by atoms with Crippen molar-refractivity contribution in [3.63, 3.8) is 0 Å². The summed E-state index contributed by atoms with van der Waals surface area (Å²) < 4.78 is 5.03. The highest BCUT2D eigenvalue weighted by molar-refractivity contribution is 5.95. The van der Waals surface area contributed by atoms with E-state index in [1.165, 1.54) is 11.1 Å². The third-order valence-corrected chi connectivity index (χ3v) is 5.59. The maximum Gasteiger partial charge on any atom is 0.251 e. The summed E-state index contributed by atoms with van der Waals surface area (Å²) in [7, 11) is 1.67. The maximum atomic E-state index is 12.5. The van der Waals surface area contributed by atoms with E-state index in [4.69, 9.17) is 4.74 Å². The predicted molar refractivity (Wildman–Crippen MR) is 108 cm³/mol. The first kappa shape index (κ1) is 17.8. The smallest absolute Gasteiger partial charge is 0.251 e. The lowest BCUT2D eigenvalue weighted by Crippen LogP contribution is -2.30. The molecule has 4 heteroatoms. The predicted octanol–water partition coefficient (Wildman–Crippen LogP) is 4.28. The second-order valence-corrected chi connectivity index (χ2v) is 7.29. The Bertz CT molecular complexity index is 832. The molecule has 1 amide bonds. The number of amides is 1. The van der Waals surface area contributed by atoms with Gasteiger partial charge in [0, 0.05) is 37.4 Å². The number of fused-ring (bicyclic) bond motifs is 3. The van der Waals surface area contributed by atoms with E-state index in [9.17, 15) is 4.79 Å². The van der Waals surface area contributed by atoms with Gasteiger partial charge in [0.1, 0.15) is 0 Å². The van der Waals surface area contributed by atoms with Gasteiger partial charge in [-0.2, -0.15) is 0 Å². The third kappa shape index (κ3) is 3.62. The number of hydrogen-bond donors (Lipinski definition) is 2. The highest BCUT2D eigenvalue weighted by Crippen LogP contribution is 2.49. The summed E-state index contributed by atoms with van der Waals surface area (Å²) in [6, 6.07) is 17.0. The van der Waals surface area contributed by atoms with Gasteiger partial charge >= 0.3 is 0 Å². The zero-order valence-corrected chi connectivity index (χ0v) is 15.7. The van der Waals surface area contributed by atoms with E-state index in [-0.39, 0.29) is 5.91 Å². The van der Waals surface area contributed by atoms with Crippen LogP contribution in [0.25, 0.3) is 0 Å². The van der Waals surface area contributed by atoms with Crippen LogP contribution in [0, 0.1) is 5.92 Å². The lowest BCUT2D eigenvalue weighted by atomic mass is 9.76. The van der Waals surface area contributed by atoms with Crippen LogP contribution in [0.1, 0.15) is 46.3 Å². The van der Waals surface area contributed by atoms with Crippen molar-refractivity contribution in [1.82, 2.24) is 5.32 Å². The van der Waals surface area contributed by atoms with Crippen LogP contribution in [0.2, 0.25) is 0 Å². The van der Waals surface area contributed by atoms with E-state index in [2.05, 4.69) is 65.3 Å². The van der Waals surface area contributed by atoms with Crippen LogP contribution in [0.5, 0.6) is 0 Å². The van der Waals surface area contributed by atoms with E-state index in [1.54, 1.807) is 7.11 Å². The van der Waals surface area contributed by atoms with E-state index in [0.717, 1.165) is 24.1 Å². The molecule has 140 valence electrons. The first-order chi connectivity index (χ1) is 13.3. The number of anilines is 1. The van der Waals surface area contributed by atoms with Crippen LogP contribution in [0.3, 0.4) is 0 Å². The molecule has 0 spiro atoms. The van der Waals surface area contributed by atoms with Gasteiger partial charge in [-0.3, -0.25) is 4.79 Å². The van der Waals surface area contributed by atoms with Crippen LogP contribution in [-0.4, -0.2) is 26.2 Å². The van der Waals surface area contributed by atoms with Crippen LogP contribution >= 0.6 is 0 Å². The van der Waals surface area contributed by atoms with E-state index in [0.29, 0.717) is 31.0 Å². The topological polar surface area (TPSA) is 50.4 Å². The monoisotopic (exact) mass is 362 g/mol. The Balaban J connectivity index is 1.56. The molecule has 1 aliphatic heterocycles. The van der Waals surface area contributed by atoms with E-state index < -0.39 is 0 Å². The minimum atomic E-state index is -0.0161. The number of carbonyl (C=O) groups excluding carboxylic acids is 1. The van der Waals surface area contributed by atoms with Crippen molar-refractivity contribution < 1.29 is 9.53 Å². The van der Waals surface area contributed by atoms with Crippen LogP contribution in [-0.2, 0) is 4.74 Å². The number of allylic oxidation sites excluding steroid dienone is 2. The lowest BCUT2D eigenvalue weighted by Gasteiger charge is -2.37. The molecule has 3 unspecified atom stereocenters. The summed E-state index contributed by atoms with van der Waals surface area (Å²) in [5, 5.41) is 6.70. The van der Waals surface area contributed by atoms with Crippen molar-refractivity contribution in [2.75, 3.05) is 25.6 Å². The Morgan fingerprint density at radius 2 is 2.07 bits per heavy atom. The number of carbonyl (C=O) groups is 1. The molecule has 4 rings (SSSR count). The van der Waals surface area contributed by atoms with Crippen molar-refractivity contribution in [2.24, 2.45) is 5.92 Å². The number of rotatable bonds is 6. The SMILES string of the molecule is COCCCNC(=O)c1ccc2c(c1)C1C=CCC1C(c1ccccc1)N2. The fraction of sp³-hybridized carbons (Fsp3) is 0.348. The van der Waals surface area contributed by atoms with Crippen molar-refractivity contribution in [3.8, 4) is 0 Å². The molecule has 0 saturated carbocycles. The molecule has 2 N–H and O–H groups in total. The molecule has 2 aromatic carbocycles. The van der Waals surface area contributed by atoms with Gasteiger partial charge in [0.25, 0.3) is 5.91 Å². The van der Waals surface area contributed by atoms with Crippen molar-refractivity contribution in [2.45, 2.75) is 24.8 Å². The molecule has 0 fully saturated rings. The number of nitrogens with one attached hydrogen (secondary N) is 2. The first-order valence-corrected chi connectivity index (χ1v) is 9.67. The Morgan fingerprint density at radius 1 is 1.22 bits per heavy atom. The Morgan fingerprint density at radius 3 is 2.89 bits per heavy atom. The minimum absolute atomic E-state index is 0.0161. The molecule has 27 heavy (non-hydrogen) atoms. The normalized spacial score (nSPS) is 22.6. The molecule has 0 bridgehead atoms. The number of benzene rings is 2. The summed E-state index contributed by atoms with van der Waals surface area (Å²) in [5.74, 6) is 0.824. The number of hydrogen-bond acceptors (Lipinski definition) is 3. The average Bonchev–Trinajstić information content (AvgIpc) is 3.21. The molecule has 1 aliphatic carbocycles. The van der Waals surface area contributed by atoms with Gasteiger partial charge in [0.15, 0.2) is 0 Å². The average molecular weight is 362 g/mol. The number of ether oxygens (including phenoxy) is 1. The van der Waals surface area contributed by atoms with E-state index >= 15 is 0 Å². The second kappa shape index (κ2) is 7.97. The molecule has 3 atom stereocenters. The van der Waals surface area contributed by atoms with Crippen molar-refractivity contribution in [3.05, 3.63) is 77.4 Å². The van der Waals surface area contributed by atoms with Gasteiger partial charge in [0.05, 0.1) is 6.04 Å². The Hall–Kier alpha value is -2.59. The summed E-state index contributed by atoms with van der Waals surface area (Å²) in [4.78, 5) is 12.5. The Kier molecular flexibility index (Phi) is 5.26. The van der Waals surface area contributed by atoms with Crippen molar-refractivity contribution in [1.29, 1.82) is 0 Å². The van der Waals surface area contributed by atoms with Crippen LogP contribution in [0.15, 0.2) is 60.7 Å². The Labute approximate surface area is 160 Å². The molecule has 0 aromatic heterocycles. The number of methoxy groups -OCH3 is 1. The zero-order valence-electron chi connectivity index (χ0n) is 15.7. The molecule has 4 nitrogen and oxygen atoms in total. The summed E-state index contributed by atoms with van der Waals surface area (Å²) in [6.45, 7) is 1.29. The molecule has 1 heterocycles. The largest absolute Gasteiger partial charge is 0.385 e. The standard InChI is InChI=1S/C23H26N2O2/c1-27-14-6-13-24-23(26)17-11-12-21-20(15-17)18-9-5-10-19(18)22(25-21)16-7-3-2-4-8-16/h2-5,7-9,11-12,15,18-19,22,25H,6,10,13-14H2,1H3,(H,24,26). The maximum absolute atomic E-state index is 12.5. The van der Waals surface area contributed by atoms with Gasteiger partial charge in [-0.25, -0.2) is 0 Å². The van der Waals surface area contributed by atoms with Crippen LogP contribution in [0.4, 0.5) is 5.69 Å². The first-order valence-electron chi connectivity index (χ1n) is 9.67. The van der Waals surface area contributed by atoms with Crippen LogP contribution < -0.4 is 10.6 Å². The minimum Gasteiger partial charge on any atom is -0.385 e. The molecular formula is C23H26N2O2. The molecule has 0 saturated heterocycles. The molecule has 2 aromatic rings.